The standard InChI is InChI=1S/C16H25N3O2/c1-2-16(8-3-9-16)12-18-10-11-21-14-6-4-13(5-7-14)15(17)19-20/h4-7,18,20H,2-3,8-12H2,1H3,(H2,17,19). The number of amidine groups is 1. The number of benzene rings is 1. The Kier molecular flexibility index (Phi) is 5.44. The molecule has 0 atom stereocenters. The minimum absolute atomic E-state index is 0.105. The molecular weight excluding hydrogens is 266 g/mol. The van der Waals surface area contributed by atoms with Crippen molar-refractivity contribution in [2.45, 2.75) is 32.6 Å². The van der Waals surface area contributed by atoms with Gasteiger partial charge in [0.1, 0.15) is 12.4 Å². The van der Waals surface area contributed by atoms with Gasteiger partial charge in [0.05, 0.1) is 0 Å². The van der Waals surface area contributed by atoms with Gasteiger partial charge in [0.25, 0.3) is 0 Å². The molecule has 0 saturated heterocycles. The van der Waals surface area contributed by atoms with Crippen LogP contribution in [0.4, 0.5) is 0 Å². The lowest BCUT2D eigenvalue weighted by atomic mass is 9.67. The van der Waals surface area contributed by atoms with Gasteiger partial charge in [0.2, 0.25) is 0 Å². The molecule has 0 aliphatic heterocycles. The summed E-state index contributed by atoms with van der Waals surface area (Å²) in [6, 6.07) is 7.20. The Morgan fingerprint density at radius 2 is 2.10 bits per heavy atom. The largest absolute Gasteiger partial charge is 0.492 e. The Morgan fingerprint density at radius 3 is 2.62 bits per heavy atom. The van der Waals surface area contributed by atoms with Gasteiger partial charge in [-0.05, 0) is 48.9 Å². The summed E-state index contributed by atoms with van der Waals surface area (Å²) in [6.45, 7) is 4.86. The highest BCUT2D eigenvalue weighted by Gasteiger charge is 2.34. The molecule has 4 N–H and O–H groups in total. The van der Waals surface area contributed by atoms with E-state index in [2.05, 4.69) is 17.4 Å². The van der Waals surface area contributed by atoms with Crippen molar-refractivity contribution in [1.82, 2.24) is 5.32 Å². The summed E-state index contributed by atoms with van der Waals surface area (Å²) in [5.41, 5.74) is 6.73. The zero-order chi connectivity index (χ0) is 15.1. The molecule has 0 aromatic heterocycles. The molecule has 1 saturated carbocycles. The molecule has 1 aliphatic carbocycles. The van der Waals surface area contributed by atoms with Gasteiger partial charge in [-0.3, -0.25) is 0 Å². The first-order valence-corrected chi connectivity index (χ1v) is 7.60. The summed E-state index contributed by atoms with van der Waals surface area (Å²) in [4.78, 5) is 0. The first-order valence-electron chi connectivity index (χ1n) is 7.60. The van der Waals surface area contributed by atoms with E-state index in [-0.39, 0.29) is 5.84 Å². The summed E-state index contributed by atoms with van der Waals surface area (Å²) >= 11 is 0. The van der Waals surface area contributed by atoms with E-state index in [9.17, 15) is 0 Å². The second kappa shape index (κ2) is 7.31. The van der Waals surface area contributed by atoms with Gasteiger partial charge in [0, 0.05) is 18.7 Å². The molecule has 0 amide bonds. The number of nitrogens with two attached hydrogens (primary N) is 1. The maximum atomic E-state index is 8.59. The molecule has 0 heterocycles. The monoisotopic (exact) mass is 291 g/mol. The van der Waals surface area contributed by atoms with E-state index < -0.39 is 0 Å². The highest BCUT2D eigenvalue weighted by atomic mass is 16.5. The normalized spacial score (nSPS) is 17.3. The molecule has 2 rings (SSSR count). The van der Waals surface area contributed by atoms with E-state index in [0.717, 1.165) is 18.8 Å². The van der Waals surface area contributed by atoms with Gasteiger partial charge in [-0.25, -0.2) is 0 Å². The average molecular weight is 291 g/mol. The highest BCUT2D eigenvalue weighted by molar-refractivity contribution is 5.97. The zero-order valence-corrected chi connectivity index (χ0v) is 12.6. The van der Waals surface area contributed by atoms with Crippen LogP contribution in [0.3, 0.4) is 0 Å². The molecule has 0 unspecified atom stereocenters. The van der Waals surface area contributed by atoms with E-state index in [1.54, 1.807) is 12.1 Å². The van der Waals surface area contributed by atoms with Crippen LogP contribution in [0.5, 0.6) is 5.75 Å². The van der Waals surface area contributed by atoms with Crippen LogP contribution in [0.15, 0.2) is 29.4 Å². The van der Waals surface area contributed by atoms with Crippen molar-refractivity contribution in [3.8, 4) is 5.75 Å². The van der Waals surface area contributed by atoms with E-state index in [1.165, 1.54) is 25.7 Å². The topological polar surface area (TPSA) is 79.9 Å². The molecule has 1 aliphatic rings. The number of oxime groups is 1. The number of ether oxygens (including phenoxy) is 1. The zero-order valence-electron chi connectivity index (χ0n) is 12.6. The Balaban J connectivity index is 1.67. The molecule has 0 radical (unpaired) electrons. The van der Waals surface area contributed by atoms with Gasteiger partial charge < -0.3 is 21.0 Å². The second-order valence-electron chi connectivity index (χ2n) is 5.74. The van der Waals surface area contributed by atoms with Crippen LogP contribution < -0.4 is 15.8 Å². The Bertz CT molecular complexity index is 461. The van der Waals surface area contributed by atoms with E-state index in [4.69, 9.17) is 15.7 Å². The van der Waals surface area contributed by atoms with E-state index in [0.29, 0.717) is 17.6 Å². The van der Waals surface area contributed by atoms with Gasteiger partial charge in [-0.1, -0.05) is 18.5 Å². The van der Waals surface area contributed by atoms with Crippen LogP contribution in [0, 0.1) is 5.41 Å². The van der Waals surface area contributed by atoms with Crippen LogP contribution in [-0.4, -0.2) is 30.7 Å². The lowest BCUT2D eigenvalue weighted by Gasteiger charge is -2.41. The average Bonchev–Trinajstić information content (AvgIpc) is 2.49. The third-order valence-corrected chi connectivity index (χ3v) is 4.47. The van der Waals surface area contributed by atoms with Crippen molar-refractivity contribution in [2.24, 2.45) is 16.3 Å². The summed E-state index contributed by atoms with van der Waals surface area (Å²) in [5.74, 6) is 0.897. The molecule has 1 aromatic rings. The number of rotatable bonds is 8. The lowest BCUT2D eigenvalue weighted by molar-refractivity contribution is 0.122. The fraction of sp³-hybridized carbons (Fsp3) is 0.562. The minimum atomic E-state index is 0.105. The van der Waals surface area contributed by atoms with Crippen LogP contribution in [0.2, 0.25) is 0 Å². The van der Waals surface area contributed by atoms with Crippen molar-refractivity contribution in [3.05, 3.63) is 29.8 Å². The van der Waals surface area contributed by atoms with Crippen molar-refractivity contribution in [2.75, 3.05) is 19.7 Å². The van der Waals surface area contributed by atoms with Gasteiger partial charge in [-0.15, -0.1) is 0 Å². The number of nitrogens with zero attached hydrogens (tertiary/aromatic N) is 1. The minimum Gasteiger partial charge on any atom is -0.492 e. The Hall–Kier alpha value is -1.75. The maximum absolute atomic E-state index is 8.59. The summed E-state index contributed by atoms with van der Waals surface area (Å²) in [6.07, 6.45) is 5.34. The molecule has 5 nitrogen and oxygen atoms in total. The first-order chi connectivity index (χ1) is 10.2. The highest BCUT2D eigenvalue weighted by Crippen LogP contribution is 2.42. The molecule has 5 heteroatoms. The molecule has 21 heavy (non-hydrogen) atoms. The summed E-state index contributed by atoms with van der Waals surface area (Å²) < 4.78 is 5.67. The van der Waals surface area contributed by atoms with Crippen LogP contribution in [-0.2, 0) is 0 Å². The first kappa shape index (κ1) is 15.6. The molecule has 1 aromatic carbocycles. The summed E-state index contributed by atoms with van der Waals surface area (Å²) in [7, 11) is 0. The SMILES string of the molecule is CCC1(CNCCOc2ccc(/C(N)=N/O)cc2)CCC1. The van der Waals surface area contributed by atoms with Crippen molar-refractivity contribution >= 4 is 5.84 Å². The molecule has 0 bridgehead atoms. The van der Waals surface area contributed by atoms with E-state index >= 15 is 0 Å². The quantitative estimate of drug-likeness (QED) is 0.226. The number of hydrogen-bond acceptors (Lipinski definition) is 4. The molecule has 116 valence electrons. The van der Waals surface area contributed by atoms with Gasteiger partial charge >= 0.3 is 0 Å². The third-order valence-electron chi connectivity index (χ3n) is 4.47. The maximum Gasteiger partial charge on any atom is 0.170 e. The van der Waals surface area contributed by atoms with Crippen LogP contribution >= 0.6 is 0 Å². The molecule has 0 spiro atoms. The van der Waals surface area contributed by atoms with Crippen LogP contribution in [0.1, 0.15) is 38.2 Å². The fourth-order valence-electron chi connectivity index (χ4n) is 2.71. The number of nitrogens with one attached hydrogen (secondary N) is 1. The number of hydrogen-bond donors (Lipinski definition) is 3. The van der Waals surface area contributed by atoms with Crippen molar-refractivity contribution < 1.29 is 9.94 Å². The fourth-order valence-corrected chi connectivity index (χ4v) is 2.71. The predicted molar refractivity (Wildman–Crippen MR) is 83.9 cm³/mol. The smallest absolute Gasteiger partial charge is 0.170 e. The van der Waals surface area contributed by atoms with Crippen molar-refractivity contribution in [1.29, 1.82) is 0 Å². The molecular formula is C16H25N3O2. The Labute approximate surface area is 126 Å². The predicted octanol–water partition coefficient (Wildman–Crippen LogP) is 2.33. The summed E-state index contributed by atoms with van der Waals surface area (Å²) in [5, 5.41) is 15.0. The van der Waals surface area contributed by atoms with Crippen molar-refractivity contribution in [3.63, 3.8) is 0 Å². The third kappa shape index (κ3) is 4.11. The Morgan fingerprint density at radius 1 is 1.38 bits per heavy atom. The second-order valence-corrected chi connectivity index (χ2v) is 5.74. The van der Waals surface area contributed by atoms with E-state index in [1.807, 2.05) is 12.1 Å². The van der Waals surface area contributed by atoms with Crippen LogP contribution in [0.25, 0.3) is 0 Å². The van der Waals surface area contributed by atoms with Gasteiger partial charge in [-0.2, -0.15) is 0 Å². The molecule has 1 fully saturated rings. The lowest BCUT2D eigenvalue weighted by Crippen LogP contribution is -2.40. The van der Waals surface area contributed by atoms with Gasteiger partial charge in [0.15, 0.2) is 5.84 Å².